The van der Waals surface area contributed by atoms with Crippen LogP contribution in [0.15, 0.2) is 23.2 Å². The molecule has 10 heteroatoms. The monoisotopic (exact) mass is 403 g/mol. The lowest BCUT2D eigenvalue weighted by molar-refractivity contribution is 0.370. The molecule has 1 heterocycles. The van der Waals surface area contributed by atoms with Crippen LogP contribution in [-0.4, -0.2) is 70.8 Å². The second-order valence-corrected chi connectivity index (χ2v) is 8.20. The Kier molecular flexibility index (Phi) is 7.78. The SMILES string of the molecule is CCNC(=NCCNS(=O)(=O)CC)N1CCN(c2cc(F)ccc2F)CC1. The Morgan fingerprint density at radius 2 is 1.89 bits per heavy atom. The maximum Gasteiger partial charge on any atom is 0.211 e. The van der Waals surface area contributed by atoms with Crippen molar-refractivity contribution >= 4 is 21.7 Å². The molecule has 27 heavy (non-hydrogen) atoms. The average Bonchev–Trinajstić information content (AvgIpc) is 2.66. The van der Waals surface area contributed by atoms with Crippen molar-refractivity contribution in [3.05, 3.63) is 29.8 Å². The van der Waals surface area contributed by atoms with Gasteiger partial charge in [-0.05, 0) is 26.0 Å². The number of benzene rings is 1. The molecular formula is C17H27F2N5O2S. The van der Waals surface area contributed by atoms with Crippen molar-refractivity contribution < 1.29 is 17.2 Å². The van der Waals surface area contributed by atoms with Crippen molar-refractivity contribution in [3.8, 4) is 0 Å². The van der Waals surface area contributed by atoms with Gasteiger partial charge in [0.2, 0.25) is 10.0 Å². The van der Waals surface area contributed by atoms with Crippen molar-refractivity contribution in [2.24, 2.45) is 4.99 Å². The Bertz CT molecular complexity index is 750. The highest BCUT2D eigenvalue weighted by molar-refractivity contribution is 7.89. The number of sulfonamides is 1. The molecule has 0 amide bonds. The largest absolute Gasteiger partial charge is 0.366 e. The van der Waals surface area contributed by atoms with Crippen LogP contribution in [0.2, 0.25) is 0 Å². The van der Waals surface area contributed by atoms with Crippen LogP contribution in [0.25, 0.3) is 0 Å². The first-order chi connectivity index (χ1) is 12.9. The molecule has 1 fully saturated rings. The molecule has 0 aromatic heterocycles. The first-order valence-electron chi connectivity index (χ1n) is 9.07. The molecule has 2 N–H and O–H groups in total. The van der Waals surface area contributed by atoms with Crippen molar-refractivity contribution in [1.29, 1.82) is 0 Å². The number of hydrogen-bond acceptors (Lipinski definition) is 4. The molecule has 1 aliphatic heterocycles. The topological polar surface area (TPSA) is 77.0 Å². The summed E-state index contributed by atoms with van der Waals surface area (Å²) in [4.78, 5) is 8.30. The van der Waals surface area contributed by atoms with Gasteiger partial charge >= 0.3 is 0 Å². The van der Waals surface area contributed by atoms with E-state index in [0.29, 0.717) is 45.2 Å². The van der Waals surface area contributed by atoms with E-state index in [0.717, 1.165) is 12.1 Å². The first kappa shape index (κ1) is 21.4. The van der Waals surface area contributed by atoms with Crippen LogP contribution in [0, 0.1) is 11.6 Å². The Morgan fingerprint density at radius 3 is 2.52 bits per heavy atom. The van der Waals surface area contributed by atoms with E-state index in [1.807, 2.05) is 16.7 Å². The van der Waals surface area contributed by atoms with Gasteiger partial charge in [0.15, 0.2) is 5.96 Å². The van der Waals surface area contributed by atoms with Crippen LogP contribution in [-0.2, 0) is 10.0 Å². The molecule has 152 valence electrons. The minimum absolute atomic E-state index is 0.0371. The molecule has 0 bridgehead atoms. The zero-order valence-corrected chi connectivity index (χ0v) is 16.5. The highest BCUT2D eigenvalue weighted by atomic mass is 32.2. The van der Waals surface area contributed by atoms with Crippen molar-refractivity contribution in [1.82, 2.24) is 14.9 Å². The summed E-state index contributed by atoms with van der Waals surface area (Å²) < 4.78 is 52.7. The lowest BCUT2D eigenvalue weighted by atomic mass is 10.2. The number of halogens is 2. The Balaban J connectivity index is 1.94. The number of guanidine groups is 1. The van der Waals surface area contributed by atoms with Gasteiger partial charge in [-0.15, -0.1) is 0 Å². The van der Waals surface area contributed by atoms with Crippen molar-refractivity contribution in [2.45, 2.75) is 13.8 Å². The van der Waals surface area contributed by atoms with Crippen LogP contribution < -0.4 is 14.9 Å². The lowest BCUT2D eigenvalue weighted by Crippen LogP contribution is -2.53. The molecule has 1 aliphatic rings. The van der Waals surface area contributed by atoms with Crippen molar-refractivity contribution in [2.75, 3.05) is 56.5 Å². The summed E-state index contributed by atoms with van der Waals surface area (Å²) in [5.41, 5.74) is 0.269. The third-order valence-electron chi connectivity index (χ3n) is 4.24. The van der Waals surface area contributed by atoms with Gasteiger partial charge in [-0.1, -0.05) is 0 Å². The minimum Gasteiger partial charge on any atom is -0.366 e. The molecule has 0 spiro atoms. The summed E-state index contributed by atoms with van der Waals surface area (Å²) in [5, 5.41) is 3.19. The molecule has 2 rings (SSSR count). The Hall–Kier alpha value is -1.94. The summed E-state index contributed by atoms with van der Waals surface area (Å²) in [7, 11) is -3.23. The smallest absolute Gasteiger partial charge is 0.211 e. The number of aliphatic imine (C=N–C) groups is 1. The molecule has 0 aliphatic carbocycles. The van der Waals surface area contributed by atoms with Gasteiger partial charge < -0.3 is 15.1 Å². The molecule has 1 saturated heterocycles. The summed E-state index contributed by atoms with van der Waals surface area (Å²) in [6.45, 7) is 7.04. The normalized spacial score (nSPS) is 15.9. The second-order valence-electron chi connectivity index (χ2n) is 6.10. The van der Waals surface area contributed by atoms with E-state index in [9.17, 15) is 17.2 Å². The van der Waals surface area contributed by atoms with Crippen LogP contribution in [0.3, 0.4) is 0 Å². The molecular weight excluding hydrogens is 376 g/mol. The lowest BCUT2D eigenvalue weighted by Gasteiger charge is -2.37. The highest BCUT2D eigenvalue weighted by Crippen LogP contribution is 2.21. The quantitative estimate of drug-likeness (QED) is 0.403. The van der Waals surface area contributed by atoms with Crippen LogP contribution in [0.4, 0.5) is 14.5 Å². The highest BCUT2D eigenvalue weighted by Gasteiger charge is 2.22. The van der Waals surface area contributed by atoms with E-state index in [4.69, 9.17) is 0 Å². The van der Waals surface area contributed by atoms with Gasteiger partial charge in [-0.2, -0.15) is 0 Å². The Labute approximate surface area is 159 Å². The summed E-state index contributed by atoms with van der Waals surface area (Å²) in [6, 6.07) is 3.46. The average molecular weight is 403 g/mol. The predicted octanol–water partition coefficient (Wildman–Crippen LogP) is 0.992. The third-order valence-corrected chi connectivity index (χ3v) is 5.64. The van der Waals surface area contributed by atoms with E-state index in [2.05, 4.69) is 15.0 Å². The molecule has 0 atom stereocenters. The van der Waals surface area contributed by atoms with Gasteiger partial charge in [-0.3, -0.25) is 4.99 Å². The number of nitrogens with one attached hydrogen (secondary N) is 2. The van der Waals surface area contributed by atoms with Crippen molar-refractivity contribution in [3.63, 3.8) is 0 Å². The van der Waals surface area contributed by atoms with E-state index >= 15 is 0 Å². The van der Waals surface area contributed by atoms with Gasteiger partial charge in [-0.25, -0.2) is 21.9 Å². The zero-order chi connectivity index (χ0) is 19.9. The van der Waals surface area contributed by atoms with E-state index in [-0.39, 0.29) is 18.0 Å². The molecule has 7 nitrogen and oxygen atoms in total. The molecule has 0 unspecified atom stereocenters. The van der Waals surface area contributed by atoms with Crippen LogP contribution in [0.1, 0.15) is 13.8 Å². The fraction of sp³-hybridized carbons (Fsp3) is 0.588. The third kappa shape index (κ3) is 6.31. The van der Waals surface area contributed by atoms with Gasteiger partial charge in [0.1, 0.15) is 11.6 Å². The van der Waals surface area contributed by atoms with Gasteiger partial charge in [0, 0.05) is 45.3 Å². The second kappa shape index (κ2) is 9.84. The number of rotatable bonds is 7. The number of hydrogen-bond donors (Lipinski definition) is 2. The summed E-state index contributed by atoms with van der Waals surface area (Å²) >= 11 is 0. The molecule has 1 aromatic carbocycles. The molecule has 0 radical (unpaired) electrons. The summed E-state index contributed by atoms with van der Waals surface area (Å²) in [5.74, 6) is -0.172. The molecule has 0 saturated carbocycles. The maximum absolute atomic E-state index is 13.9. The minimum atomic E-state index is -3.23. The number of nitrogens with zero attached hydrogens (tertiary/aromatic N) is 3. The summed E-state index contributed by atoms with van der Waals surface area (Å²) in [6.07, 6.45) is 0. The number of piperazine rings is 1. The van der Waals surface area contributed by atoms with E-state index < -0.39 is 21.7 Å². The first-order valence-corrected chi connectivity index (χ1v) is 10.7. The predicted molar refractivity (Wildman–Crippen MR) is 104 cm³/mol. The maximum atomic E-state index is 13.9. The van der Waals surface area contributed by atoms with Crippen LogP contribution in [0.5, 0.6) is 0 Å². The van der Waals surface area contributed by atoms with Crippen LogP contribution >= 0.6 is 0 Å². The molecule has 1 aromatic rings. The standard InChI is InChI=1S/C17H27F2N5O2S/c1-3-20-17(21-7-8-22-27(25,26)4-2)24-11-9-23(10-12-24)16-13-14(18)5-6-15(16)19/h5-6,13,22H,3-4,7-12H2,1-2H3,(H,20,21). The van der Waals surface area contributed by atoms with Gasteiger partial charge in [0.25, 0.3) is 0 Å². The fourth-order valence-electron chi connectivity index (χ4n) is 2.78. The van der Waals surface area contributed by atoms with Gasteiger partial charge in [0.05, 0.1) is 18.0 Å². The zero-order valence-electron chi connectivity index (χ0n) is 15.7. The Morgan fingerprint density at radius 1 is 1.19 bits per heavy atom. The fourth-order valence-corrected chi connectivity index (χ4v) is 3.38. The number of anilines is 1. The van der Waals surface area contributed by atoms with E-state index in [1.54, 1.807) is 6.92 Å². The van der Waals surface area contributed by atoms with E-state index in [1.165, 1.54) is 6.07 Å².